The van der Waals surface area contributed by atoms with Crippen LogP contribution in [0.25, 0.3) is 0 Å². The molecule has 0 bridgehead atoms. The fourth-order valence-electron chi connectivity index (χ4n) is 2.14. The molecule has 0 aliphatic carbocycles. The molecule has 1 aliphatic rings. The zero-order valence-corrected chi connectivity index (χ0v) is 12.1. The van der Waals surface area contributed by atoms with Crippen LogP contribution in [0, 0.1) is 0 Å². The molecule has 2 unspecified atom stereocenters. The number of carbonyl (C=O) groups is 1. The summed E-state index contributed by atoms with van der Waals surface area (Å²) in [6, 6.07) is 7.74. The maximum absolute atomic E-state index is 12.0. The van der Waals surface area contributed by atoms with Gasteiger partial charge < -0.3 is 15.4 Å². The van der Waals surface area contributed by atoms with Crippen molar-refractivity contribution in [1.29, 1.82) is 0 Å². The highest BCUT2D eigenvalue weighted by molar-refractivity contribution is 5.95. The van der Waals surface area contributed by atoms with Gasteiger partial charge in [-0.25, -0.2) is 0 Å². The van der Waals surface area contributed by atoms with E-state index < -0.39 is 0 Å². The SMILES string of the molecule is COC(C)c1cccc(NC(=O)C2CCCN2)c1.Cl. The number of rotatable bonds is 4. The fraction of sp³-hybridized carbons (Fsp3) is 0.500. The van der Waals surface area contributed by atoms with Crippen LogP contribution in [0.15, 0.2) is 24.3 Å². The van der Waals surface area contributed by atoms with Crippen molar-refractivity contribution in [3.05, 3.63) is 29.8 Å². The van der Waals surface area contributed by atoms with Crippen LogP contribution < -0.4 is 10.6 Å². The first-order chi connectivity index (χ1) is 8.70. The Morgan fingerprint density at radius 2 is 2.32 bits per heavy atom. The van der Waals surface area contributed by atoms with Crippen molar-refractivity contribution in [2.75, 3.05) is 19.0 Å². The molecular weight excluding hydrogens is 264 g/mol. The molecule has 1 aromatic carbocycles. The summed E-state index contributed by atoms with van der Waals surface area (Å²) in [6.07, 6.45) is 2.02. The van der Waals surface area contributed by atoms with Crippen LogP contribution in [0.1, 0.15) is 31.4 Å². The van der Waals surface area contributed by atoms with Gasteiger partial charge in [-0.05, 0) is 44.0 Å². The van der Waals surface area contributed by atoms with Gasteiger partial charge in [-0.3, -0.25) is 4.79 Å². The largest absolute Gasteiger partial charge is 0.377 e. The van der Waals surface area contributed by atoms with E-state index in [9.17, 15) is 4.79 Å². The van der Waals surface area contributed by atoms with Gasteiger partial charge in [0.25, 0.3) is 0 Å². The smallest absolute Gasteiger partial charge is 0.241 e. The highest BCUT2D eigenvalue weighted by atomic mass is 35.5. The Hall–Kier alpha value is -1.10. The molecule has 4 nitrogen and oxygen atoms in total. The highest BCUT2D eigenvalue weighted by Crippen LogP contribution is 2.20. The third-order valence-corrected chi connectivity index (χ3v) is 3.35. The normalized spacial score (nSPS) is 19.6. The number of methoxy groups -OCH3 is 1. The molecule has 5 heteroatoms. The monoisotopic (exact) mass is 284 g/mol. The van der Waals surface area contributed by atoms with Gasteiger partial charge in [0, 0.05) is 12.8 Å². The second-order valence-electron chi connectivity index (χ2n) is 4.64. The Morgan fingerprint density at radius 1 is 1.53 bits per heavy atom. The predicted molar refractivity (Wildman–Crippen MR) is 78.8 cm³/mol. The van der Waals surface area contributed by atoms with Crippen molar-refractivity contribution in [3.8, 4) is 0 Å². The number of anilines is 1. The molecule has 106 valence electrons. The quantitative estimate of drug-likeness (QED) is 0.893. The van der Waals surface area contributed by atoms with Gasteiger partial charge in [-0.1, -0.05) is 12.1 Å². The van der Waals surface area contributed by atoms with Gasteiger partial charge in [-0.15, -0.1) is 12.4 Å². The summed E-state index contributed by atoms with van der Waals surface area (Å²) in [5, 5.41) is 6.13. The second kappa shape index (κ2) is 7.48. The fourth-order valence-corrected chi connectivity index (χ4v) is 2.14. The summed E-state index contributed by atoms with van der Waals surface area (Å²) in [6.45, 7) is 2.91. The van der Waals surface area contributed by atoms with Crippen molar-refractivity contribution >= 4 is 24.0 Å². The Morgan fingerprint density at radius 3 is 2.95 bits per heavy atom. The molecule has 1 amide bonds. The summed E-state index contributed by atoms with van der Waals surface area (Å²) >= 11 is 0. The van der Waals surface area contributed by atoms with Gasteiger partial charge in [0.15, 0.2) is 0 Å². The first kappa shape index (κ1) is 16.0. The number of nitrogens with one attached hydrogen (secondary N) is 2. The van der Waals surface area contributed by atoms with Crippen LogP contribution >= 0.6 is 12.4 Å². The van der Waals surface area contributed by atoms with E-state index in [1.807, 2.05) is 31.2 Å². The number of benzene rings is 1. The highest BCUT2D eigenvalue weighted by Gasteiger charge is 2.21. The number of hydrogen-bond acceptors (Lipinski definition) is 3. The lowest BCUT2D eigenvalue weighted by atomic mass is 10.1. The topological polar surface area (TPSA) is 50.4 Å². The van der Waals surface area contributed by atoms with Crippen molar-refractivity contribution in [3.63, 3.8) is 0 Å². The molecule has 0 aromatic heterocycles. The molecule has 2 rings (SSSR count). The van der Waals surface area contributed by atoms with Crippen molar-refractivity contribution in [1.82, 2.24) is 5.32 Å². The van der Waals surface area contributed by atoms with E-state index in [1.165, 1.54) is 0 Å². The van der Waals surface area contributed by atoms with Crippen molar-refractivity contribution in [2.45, 2.75) is 31.9 Å². The lowest BCUT2D eigenvalue weighted by molar-refractivity contribution is -0.117. The number of hydrogen-bond donors (Lipinski definition) is 2. The number of ether oxygens (including phenoxy) is 1. The van der Waals surface area contributed by atoms with Gasteiger partial charge in [0.2, 0.25) is 5.91 Å². The minimum absolute atomic E-state index is 0. The molecule has 1 fully saturated rings. The lowest BCUT2D eigenvalue weighted by Crippen LogP contribution is -2.35. The van der Waals surface area contributed by atoms with Crippen LogP contribution in [-0.4, -0.2) is 25.6 Å². The van der Waals surface area contributed by atoms with Crippen molar-refractivity contribution < 1.29 is 9.53 Å². The Kier molecular flexibility index (Phi) is 6.28. The predicted octanol–water partition coefficient (Wildman–Crippen LogP) is 2.51. The lowest BCUT2D eigenvalue weighted by Gasteiger charge is -2.14. The average Bonchev–Trinajstić information content (AvgIpc) is 2.92. The van der Waals surface area contributed by atoms with Crippen molar-refractivity contribution in [2.24, 2.45) is 0 Å². The Bertz CT molecular complexity index is 420. The van der Waals surface area contributed by atoms with Crippen LogP contribution in [0.3, 0.4) is 0 Å². The van der Waals surface area contributed by atoms with Gasteiger partial charge in [0.05, 0.1) is 12.1 Å². The molecule has 1 saturated heterocycles. The number of amides is 1. The van der Waals surface area contributed by atoms with Crippen LogP contribution in [0.5, 0.6) is 0 Å². The molecule has 0 radical (unpaired) electrons. The van der Waals surface area contributed by atoms with E-state index in [4.69, 9.17) is 4.74 Å². The van der Waals surface area contributed by atoms with Gasteiger partial charge in [0.1, 0.15) is 0 Å². The molecule has 0 saturated carbocycles. The van der Waals surface area contributed by atoms with E-state index in [0.29, 0.717) is 0 Å². The first-order valence-electron chi connectivity index (χ1n) is 6.37. The second-order valence-corrected chi connectivity index (χ2v) is 4.64. The Balaban J connectivity index is 0.00000180. The zero-order valence-electron chi connectivity index (χ0n) is 11.3. The van der Waals surface area contributed by atoms with Gasteiger partial charge >= 0.3 is 0 Å². The summed E-state index contributed by atoms with van der Waals surface area (Å²) in [5.74, 6) is 0.0507. The molecular formula is C14H21ClN2O2. The maximum atomic E-state index is 12.0. The number of halogens is 1. The third kappa shape index (κ3) is 4.20. The molecule has 2 atom stereocenters. The molecule has 1 heterocycles. The Labute approximate surface area is 120 Å². The first-order valence-corrected chi connectivity index (χ1v) is 6.37. The van der Waals surface area contributed by atoms with E-state index >= 15 is 0 Å². The maximum Gasteiger partial charge on any atom is 0.241 e. The minimum Gasteiger partial charge on any atom is -0.377 e. The third-order valence-electron chi connectivity index (χ3n) is 3.35. The van der Waals surface area contributed by atoms with Crippen LogP contribution in [0.4, 0.5) is 5.69 Å². The van der Waals surface area contributed by atoms with Crippen LogP contribution in [-0.2, 0) is 9.53 Å². The molecule has 1 aliphatic heterocycles. The van der Waals surface area contributed by atoms with E-state index in [2.05, 4.69) is 10.6 Å². The molecule has 0 spiro atoms. The minimum atomic E-state index is -0.0477. The van der Waals surface area contributed by atoms with E-state index in [0.717, 1.165) is 30.6 Å². The average molecular weight is 285 g/mol. The molecule has 1 aromatic rings. The van der Waals surface area contributed by atoms with E-state index in [-0.39, 0.29) is 30.5 Å². The van der Waals surface area contributed by atoms with Gasteiger partial charge in [-0.2, -0.15) is 0 Å². The van der Waals surface area contributed by atoms with E-state index in [1.54, 1.807) is 7.11 Å². The zero-order chi connectivity index (χ0) is 13.0. The summed E-state index contributed by atoms with van der Waals surface area (Å²) in [7, 11) is 1.68. The molecule has 2 N–H and O–H groups in total. The standard InChI is InChI=1S/C14H20N2O2.ClH/c1-10(18-2)11-5-3-6-12(9-11)16-14(17)13-7-4-8-15-13;/h3,5-6,9-10,13,15H,4,7-8H2,1-2H3,(H,16,17);1H. The summed E-state index contributed by atoms with van der Waals surface area (Å²) in [4.78, 5) is 12.0. The summed E-state index contributed by atoms with van der Waals surface area (Å²) in [5.41, 5.74) is 1.89. The van der Waals surface area contributed by atoms with Crippen LogP contribution in [0.2, 0.25) is 0 Å². The number of carbonyl (C=O) groups excluding carboxylic acids is 1. The summed E-state index contributed by atoms with van der Waals surface area (Å²) < 4.78 is 5.27. The molecule has 19 heavy (non-hydrogen) atoms.